The molecule has 0 saturated heterocycles. The quantitative estimate of drug-likeness (QED) is 0.292. The highest BCUT2D eigenvalue weighted by atomic mass is 35.5. The van der Waals surface area contributed by atoms with Gasteiger partial charge < -0.3 is 4.74 Å². The molecule has 0 N–H and O–H groups in total. The van der Waals surface area contributed by atoms with Crippen LogP contribution in [0.25, 0.3) is 0 Å². The molecule has 0 fully saturated rings. The number of rotatable bonds is 9. The number of aryl methyl sites for hydroxylation is 1. The highest BCUT2D eigenvalue weighted by Crippen LogP contribution is 2.17. The summed E-state index contributed by atoms with van der Waals surface area (Å²) in [6.45, 7) is 1.97. The Hall–Kier alpha value is -1.06. The third-order valence-electron chi connectivity index (χ3n) is 3.22. The first-order chi connectivity index (χ1) is 10.0. The van der Waals surface area contributed by atoms with Crippen LogP contribution in [-0.2, 0) is 20.7 Å². The van der Waals surface area contributed by atoms with Crippen LogP contribution < -0.4 is 0 Å². The Bertz CT molecular complexity index is 457. The zero-order chi connectivity index (χ0) is 15.7. The molecule has 0 aromatic heterocycles. The monoisotopic (exact) mass is 330 g/mol. The van der Waals surface area contributed by atoms with Gasteiger partial charge in [-0.2, -0.15) is 0 Å². The van der Waals surface area contributed by atoms with E-state index in [1.54, 1.807) is 6.92 Å². The number of carbonyl (C=O) groups is 2. The smallest absolute Gasteiger partial charge is 0.317 e. The molecule has 5 heteroatoms. The maximum Gasteiger partial charge on any atom is 0.317 e. The number of esters is 1. The topological polar surface area (TPSA) is 43.4 Å². The molecule has 0 saturated carbocycles. The van der Waals surface area contributed by atoms with Crippen LogP contribution in [0.1, 0.15) is 38.2 Å². The van der Waals surface area contributed by atoms with E-state index >= 15 is 0 Å². The minimum Gasteiger partial charge on any atom is -0.465 e. The summed E-state index contributed by atoms with van der Waals surface area (Å²) < 4.78 is 4.85. The summed E-state index contributed by atoms with van der Waals surface area (Å²) in [6.07, 6.45) is 4.10. The molecule has 0 aliphatic rings. The van der Waals surface area contributed by atoms with Crippen LogP contribution in [-0.4, -0.2) is 17.8 Å². The van der Waals surface area contributed by atoms with Crippen LogP contribution in [0, 0.1) is 5.92 Å². The fourth-order valence-corrected chi connectivity index (χ4v) is 2.40. The Morgan fingerprint density at radius 1 is 1.14 bits per heavy atom. The van der Waals surface area contributed by atoms with E-state index in [9.17, 15) is 9.59 Å². The van der Waals surface area contributed by atoms with Crippen LogP contribution >= 0.6 is 23.2 Å². The van der Waals surface area contributed by atoms with Crippen LogP contribution in [0.2, 0.25) is 5.02 Å². The number of halogens is 2. The maximum absolute atomic E-state index is 11.6. The lowest BCUT2D eigenvalue weighted by Crippen LogP contribution is -2.23. The summed E-state index contributed by atoms with van der Waals surface area (Å²) in [4.78, 5) is 22.8. The summed E-state index contributed by atoms with van der Waals surface area (Å²) in [5, 5.41) is 0.0998. The molecule has 0 bridgehead atoms. The largest absolute Gasteiger partial charge is 0.465 e. The van der Waals surface area contributed by atoms with Crippen LogP contribution in [0.5, 0.6) is 0 Å². The molecule has 1 aromatic rings. The fraction of sp³-hybridized carbons (Fsp3) is 0.500. The SMILES string of the molecule is CCOC(=O)C(CCCCCc1ccc(Cl)cc1)C(=O)Cl. The van der Waals surface area contributed by atoms with Gasteiger partial charge in [0.2, 0.25) is 5.24 Å². The third-order valence-corrected chi connectivity index (χ3v) is 3.73. The molecule has 0 heterocycles. The van der Waals surface area contributed by atoms with Gasteiger partial charge in [0.25, 0.3) is 0 Å². The molecule has 0 amide bonds. The molecule has 1 atom stereocenters. The normalized spacial score (nSPS) is 12.0. The molecule has 1 rings (SSSR count). The van der Waals surface area contributed by atoms with Gasteiger partial charge in [0.15, 0.2) is 0 Å². The minimum atomic E-state index is -0.831. The van der Waals surface area contributed by atoms with Gasteiger partial charge in [0, 0.05) is 5.02 Å². The first kappa shape index (κ1) is 18.0. The Labute approximate surface area is 135 Å². The predicted molar refractivity (Wildman–Crippen MR) is 84.6 cm³/mol. The molecule has 0 spiro atoms. The minimum absolute atomic E-state index is 0.260. The molecule has 0 radical (unpaired) electrons. The summed E-state index contributed by atoms with van der Waals surface area (Å²) in [5.41, 5.74) is 1.23. The molecule has 116 valence electrons. The van der Waals surface area contributed by atoms with E-state index in [0.29, 0.717) is 6.42 Å². The Morgan fingerprint density at radius 3 is 2.38 bits per heavy atom. The number of carbonyl (C=O) groups excluding carboxylic acids is 2. The maximum atomic E-state index is 11.6. The summed E-state index contributed by atoms with van der Waals surface area (Å²) in [7, 11) is 0. The lowest BCUT2D eigenvalue weighted by Gasteiger charge is -2.11. The number of hydrogen-bond acceptors (Lipinski definition) is 3. The van der Waals surface area contributed by atoms with Gasteiger partial charge in [-0.3, -0.25) is 9.59 Å². The van der Waals surface area contributed by atoms with Crippen molar-refractivity contribution < 1.29 is 14.3 Å². The van der Waals surface area contributed by atoms with Crippen molar-refractivity contribution >= 4 is 34.4 Å². The number of hydrogen-bond donors (Lipinski definition) is 0. The first-order valence-electron chi connectivity index (χ1n) is 7.15. The molecule has 3 nitrogen and oxygen atoms in total. The lowest BCUT2D eigenvalue weighted by molar-refractivity contribution is -0.150. The number of benzene rings is 1. The van der Waals surface area contributed by atoms with E-state index in [1.165, 1.54) is 5.56 Å². The van der Waals surface area contributed by atoms with Crippen LogP contribution in [0.3, 0.4) is 0 Å². The van der Waals surface area contributed by atoms with Gasteiger partial charge in [-0.1, -0.05) is 36.6 Å². The van der Waals surface area contributed by atoms with Gasteiger partial charge in [-0.15, -0.1) is 0 Å². The lowest BCUT2D eigenvalue weighted by atomic mass is 10.0. The average Bonchev–Trinajstić information content (AvgIpc) is 2.44. The van der Waals surface area contributed by atoms with Crippen molar-refractivity contribution in [2.75, 3.05) is 6.61 Å². The zero-order valence-electron chi connectivity index (χ0n) is 12.1. The van der Waals surface area contributed by atoms with Crippen LogP contribution in [0.4, 0.5) is 0 Å². The van der Waals surface area contributed by atoms with E-state index < -0.39 is 17.1 Å². The third kappa shape index (κ3) is 6.96. The standard InChI is InChI=1S/C16H20Cl2O3/c1-2-21-16(20)14(15(18)19)7-5-3-4-6-12-8-10-13(17)11-9-12/h8-11,14H,2-7H2,1H3. The van der Waals surface area contributed by atoms with Crippen molar-refractivity contribution in [2.45, 2.75) is 39.0 Å². The Balaban J connectivity index is 2.26. The summed E-state index contributed by atoms with van der Waals surface area (Å²) in [5.74, 6) is -1.35. The van der Waals surface area contributed by atoms with Gasteiger partial charge in [-0.05, 0) is 55.5 Å². The Morgan fingerprint density at radius 2 is 1.81 bits per heavy atom. The predicted octanol–water partition coefficient (Wildman–Crippen LogP) is 4.39. The van der Waals surface area contributed by atoms with Gasteiger partial charge in [-0.25, -0.2) is 0 Å². The van der Waals surface area contributed by atoms with E-state index in [1.807, 2.05) is 24.3 Å². The molecule has 0 aliphatic heterocycles. The highest BCUT2D eigenvalue weighted by molar-refractivity contribution is 6.65. The second-order valence-electron chi connectivity index (χ2n) is 4.83. The van der Waals surface area contributed by atoms with Crippen LogP contribution in [0.15, 0.2) is 24.3 Å². The van der Waals surface area contributed by atoms with Crippen molar-refractivity contribution in [3.05, 3.63) is 34.9 Å². The van der Waals surface area contributed by atoms with E-state index in [2.05, 4.69) is 0 Å². The number of unbranched alkanes of at least 4 members (excludes halogenated alkanes) is 2. The summed E-state index contributed by atoms with van der Waals surface area (Å²) >= 11 is 11.3. The molecule has 1 unspecified atom stereocenters. The van der Waals surface area contributed by atoms with Gasteiger partial charge >= 0.3 is 5.97 Å². The van der Waals surface area contributed by atoms with Crippen molar-refractivity contribution in [2.24, 2.45) is 5.92 Å². The van der Waals surface area contributed by atoms with E-state index in [4.69, 9.17) is 27.9 Å². The molecule has 21 heavy (non-hydrogen) atoms. The van der Waals surface area contributed by atoms with E-state index in [-0.39, 0.29) is 6.61 Å². The van der Waals surface area contributed by atoms with E-state index in [0.717, 1.165) is 30.7 Å². The number of ether oxygens (including phenoxy) is 1. The van der Waals surface area contributed by atoms with Crippen molar-refractivity contribution in [1.29, 1.82) is 0 Å². The van der Waals surface area contributed by atoms with Crippen molar-refractivity contribution in [1.82, 2.24) is 0 Å². The Kier molecular flexibility index (Phi) is 8.40. The fourth-order valence-electron chi connectivity index (χ4n) is 2.07. The summed E-state index contributed by atoms with van der Waals surface area (Å²) in [6, 6.07) is 7.76. The zero-order valence-corrected chi connectivity index (χ0v) is 13.6. The second kappa shape index (κ2) is 9.80. The second-order valence-corrected chi connectivity index (χ2v) is 5.64. The highest BCUT2D eigenvalue weighted by Gasteiger charge is 2.25. The van der Waals surface area contributed by atoms with Gasteiger partial charge in [0.05, 0.1) is 6.61 Å². The van der Waals surface area contributed by atoms with Crippen molar-refractivity contribution in [3.63, 3.8) is 0 Å². The molecular formula is C16H20Cl2O3. The molecular weight excluding hydrogens is 311 g/mol. The average molecular weight is 331 g/mol. The first-order valence-corrected chi connectivity index (χ1v) is 7.90. The van der Waals surface area contributed by atoms with Crippen molar-refractivity contribution in [3.8, 4) is 0 Å². The van der Waals surface area contributed by atoms with Gasteiger partial charge in [0.1, 0.15) is 5.92 Å². The molecule has 1 aromatic carbocycles. The molecule has 0 aliphatic carbocycles.